The second-order valence-electron chi connectivity index (χ2n) is 7.99. The van der Waals surface area contributed by atoms with Crippen LogP contribution < -0.4 is 15.4 Å². The van der Waals surface area contributed by atoms with E-state index in [0.29, 0.717) is 5.69 Å². The molecular weight excluding hydrogens is 496 g/mol. The molecular formula is C25H20F4N4O4. The quantitative estimate of drug-likeness (QED) is 0.299. The highest BCUT2D eigenvalue weighted by molar-refractivity contribution is 5.95. The van der Waals surface area contributed by atoms with Crippen molar-refractivity contribution in [2.45, 2.75) is 19.6 Å². The Labute approximate surface area is 207 Å². The summed E-state index contributed by atoms with van der Waals surface area (Å²) in [6, 6.07) is 8.34. The molecule has 0 saturated heterocycles. The number of ether oxygens (including phenoxy) is 1. The molecule has 192 valence electrons. The number of hydrogen-bond acceptors (Lipinski definition) is 4. The minimum atomic E-state index is -1.43. The van der Waals surface area contributed by atoms with Gasteiger partial charge >= 0.3 is 6.09 Å². The van der Waals surface area contributed by atoms with E-state index in [1.807, 2.05) is 0 Å². The number of fused-ring (bicyclic) bond motifs is 1. The van der Waals surface area contributed by atoms with E-state index in [1.54, 1.807) is 13.0 Å². The van der Waals surface area contributed by atoms with Crippen LogP contribution in [-0.4, -0.2) is 33.0 Å². The fourth-order valence-electron chi connectivity index (χ4n) is 3.77. The normalized spacial score (nSPS) is 11.8. The van der Waals surface area contributed by atoms with E-state index in [1.165, 1.54) is 28.8 Å². The molecule has 2 amide bonds. The average Bonchev–Trinajstić information content (AvgIpc) is 3.19. The molecule has 8 nitrogen and oxygen atoms in total. The van der Waals surface area contributed by atoms with Gasteiger partial charge in [-0.25, -0.2) is 27.3 Å². The van der Waals surface area contributed by atoms with E-state index in [0.717, 1.165) is 24.3 Å². The fourth-order valence-corrected chi connectivity index (χ4v) is 3.77. The Bertz CT molecular complexity index is 1470. The summed E-state index contributed by atoms with van der Waals surface area (Å²) >= 11 is 0. The molecule has 0 aliphatic rings. The number of benzene rings is 2. The van der Waals surface area contributed by atoms with Crippen LogP contribution in [0.25, 0.3) is 5.65 Å². The van der Waals surface area contributed by atoms with Crippen LogP contribution in [0.4, 0.5) is 22.4 Å². The van der Waals surface area contributed by atoms with Gasteiger partial charge in [-0.3, -0.25) is 9.20 Å². The minimum Gasteiger partial charge on any atom is -0.485 e. The lowest BCUT2D eigenvalue weighted by atomic mass is 10.1. The van der Waals surface area contributed by atoms with Crippen molar-refractivity contribution in [2.24, 2.45) is 0 Å². The third-order valence-electron chi connectivity index (χ3n) is 5.55. The molecule has 0 fully saturated rings. The predicted octanol–water partition coefficient (Wildman–Crippen LogP) is 4.52. The summed E-state index contributed by atoms with van der Waals surface area (Å²) in [6.45, 7) is 0.860. The van der Waals surface area contributed by atoms with E-state index in [-0.39, 0.29) is 34.8 Å². The number of carboxylic acid groups (broad SMARTS) is 1. The van der Waals surface area contributed by atoms with E-state index in [9.17, 15) is 27.2 Å². The van der Waals surface area contributed by atoms with Crippen molar-refractivity contribution in [1.82, 2.24) is 20.0 Å². The summed E-state index contributed by atoms with van der Waals surface area (Å²) in [6.07, 6.45) is 0.103. The maximum absolute atomic E-state index is 14.0. The van der Waals surface area contributed by atoms with Crippen molar-refractivity contribution in [3.05, 3.63) is 101 Å². The molecule has 2 heterocycles. The number of nitrogens with zero attached hydrogens (tertiary/aromatic N) is 2. The molecule has 1 atom stereocenters. The van der Waals surface area contributed by atoms with Crippen LogP contribution >= 0.6 is 0 Å². The average molecular weight is 516 g/mol. The molecule has 3 N–H and O–H groups in total. The van der Waals surface area contributed by atoms with Gasteiger partial charge in [-0.2, -0.15) is 0 Å². The van der Waals surface area contributed by atoms with Gasteiger partial charge in [-0.05, 0) is 48.9 Å². The standard InChI is InChI=1S/C25H20F4N4O4/c1-13-22(24(34)30-11-20(32-25(35)36)14-7-8-18(28)19(29)10-14)33-9-3-6-21(23(33)31-13)37-12-15-16(26)4-2-5-17(15)27/h2-10,20,32H,11-12H2,1H3,(H,30,34)(H,35,36). The molecule has 2 aromatic carbocycles. The molecule has 1 unspecified atom stereocenters. The minimum absolute atomic E-state index is 0.0943. The molecule has 2 aromatic heterocycles. The van der Waals surface area contributed by atoms with Gasteiger partial charge < -0.3 is 20.5 Å². The lowest BCUT2D eigenvalue weighted by Crippen LogP contribution is -2.37. The van der Waals surface area contributed by atoms with Crippen molar-refractivity contribution in [3.63, 3.8) is 0 Å². The highest BCUT2D eigenvalue weighted by Gasteiger charge is 2.22. The lowest BCUT2D eigenvalue weighted by Gasteiger charge is -2.18. The number of pyridine rings is 1. The first-order valence-electron chi connectivity index (χ1n) is 10.9. The smallest absolute Gasteiger partial charge is 0.405 e. The maximum atomic E-state index is 14.0. The number of aromatic nitrogens is 2. The first-order valence-corrected chi connectivity index (χ1v) is 10.9. The molecule has 4 aromatic rings. The van der Waals surface area contributed by atoms with Crippen molar-refractivity contribution >= 4 is 17.6 Å². The number of carbonyl (C=O) groups excluding carboxylic acids is 1. The highest BCUT2D eigenvalue weighted by Crippen LogP contribution is 2.24. The Morgan fingerprint density at radius 3 is 2.43 bits per heavy atom. The van der Waals surface area contributed by atoms with Crippen LogP contribution in [0.1, 0.15) is 33.4 Å². The van der Waals surface area contributed by atoms with E-state index in [2.05, 4.69) is 15.6 Å². The van der Waals surface area contributed by atoms with Crippen LogP contribution in [0.2, 0.25) is 0 Å². The van der Waals surface area contributed by atoms with Crippen molar-refractivity contribution in [3.8, 4) is 5.75 Å². The number of rotatable bonds is 8. The zero-order valence-corrected chi connectivity index (χ0v) is 19.3. The third-order valence-corrected chi connectivity index (χ3v) is 5.55. The van der Waals surface area contributed by atoms with Crippen LogP contribution in [0.5, 0.6) is 5.75 Å². The Morgan fingerprint density at radius 1 is 1.03 bits per heavy atom. The summed E-state index contributed by atoms with van der Waals surface area (Å²) in [5.41, 5.74) is 0.438. The van der Waals surface area contributed by atoms with Gasteiger partial charge in [0.25, 0.3) is 5.91 Å². The maximum Gasteiger partial charge on any atom is 0.405 e. The Hall–Kier alpha value is -4.61. The van der Waals surface area contributed by atoms with Gasteiger partial charge in [-0.1, -0.05) is 12.1 Å². The van der Waals surface area contributed by atoms with Gasteiger partial charge in [0.05, 0.1) is 17.3 Å². The van der Waals surface area contributed by atoms with E-state index >= 15 is 0 Å². The van der Waals surface area contributed by atoms with Crippen molar-refractivity contribution in [1.29, 1.82) is 0 Å². The topological polar surface area (TPSA) is 105 Å². The predicted molar refractivity (Wildman–Crippen MR) is 123 cm³/mol. The number of carbonyl (C=O) groups is 2. The molecule has 0 aliphatic carbocycles. The van der Waals surface area contributed by atoms with Crippen LogP contribution in [0, 0.1) is 30.2 Å². The molecule has 12 heteroatoms. The molecule has 4 rings (SSSR count). The van der Waals surface area contributed by atoms with Crippen LogP contribution in [0.3, 0.4) is 0 Å². The summed E-state index contributed by atoms with van der Waals surface area (Å²) in [7, 11) is 0. The zero-order valence-electron chi connectivity index (χ0n) is 19.3. The molecule has 0 saturated carbocycles. The largest absolute Gasteiger partial charge is 0.485 e. The van der Waals surface area contributed by atoms with Gasteiger partial charge in [0, 0.05) is 12.7 Å². The van der Waals surface area contributed by atoms with Crippen molar-refractivity contribution < 1.29 is 37.0 Å². The van der Waals surface area contributed by atoms with Crippen LogP contribution in [0.15, 0.2) is 54.7 Å². The molecule has 37 heavy (non-hydrogen) atoms. The first-order chi connectivity index (χ1) is 17.7. The second kappa shape index (κ2) is 10.6. The fraction of sp³-hybridized carbons (Fsp3) is 0.160. The highest BCUT2D eigenvalue weighted by atomic mass is 19.2. The second-order valence-corrected chi connectivity index (χ2v) is 7.99. The molecule has 0 spiro atoms. The van der Waals surface area contributed by atoms with Crippen molar-refractivity contribution in [2.75, 3.05) is 6.54 Å². The number of hydrogen-bond donors (Lipinski definition) is 3. The molecule has 0 radical (unpaired) electrons. The van der Waals surface area contributed by atoms with Gasteiger partial charge in [0.1, 0.15) is 23.9 Å². The monoisotopic (exact) mass is 516 g/mol. The van der Waals surface area contributed by atoms with Gasteiger partial charge in [-0.15, -0.1) is 0 Å². The lowest BCUT2D eigenvalue weighted by molar-refractivity contribution is 0.0941. The van der Waals surface area contributed by atoms with Crippen LogP contribution in [-0.2, 0) is 6.61 Å². The Kier molecular flexibility index (Phi) is 7.27. The summed E-state index contributed by atoms with van der Waals surface area (Å²) in [5.74, 6) is -4.27. The number of imidazole rings is 1. The third kappa shape index (κ3) is 5.47. The Morgan fingerprint density at radius 2 is 1.76 bits per heavy atom. The molecule has 0 bridgehead atoms. The number of halogens is 4. The first kappa shape index (κ1) is 25.5. The Balaban J connectivity index is 1.55. The SMILES string of the molecule is Cc1nc2c(OCc3c(F)cccc3F)cccn2c1C(=O)NCC(NC(=O)O)c1ccc(F)c(F)c1. The summed E-state index contributed by atoms with van der Waals surface area (Å²) in [4.78, 5) is 28.6. The zero-order chi connectivity index (χ0) is 26.7. The summed E-state index contributed by atoms with van der Waals surface area (Å²) in [5, 5.41) is 13.9. The number of amides is 2. The van der Waals surface area contributed by atoms with Gasteiger partial charge in [0.15, 0.2) is 23.0 Å². The van der Waals surface area contributed by atoms with Gasteiger partial charge in [0.2, 0.25) is 0 Å². The molecule has 0 aliphatic heterocycles. The number of nitrogens with one attached hydrogen (secondary N) is 2. The summed E-state index contributed by atoms with van der Waals surface area (Å²) < 4.78 is 61.9. The van der Waals surface area contributed by atoms with E-state index < -0.39 is 47.9 Å². The number of aryl methyl sites for hydroxylation is 1. The van der Waals surface area contributed by atoms with E-state index in [4.69, 9.17) is 9.84 Å².